The van der Waals surface area contributed by atoms with E-state index in [0.29, 0.717) is 42.5 Å². The molecule has 0 amide bonds. The molecule has 0 spiro atoms. The Morgan fingerprint density at radius 2 is 1.56 bits per heavy atom. The summed E-state index contributed by atoms with van der Waals surface area (Å²) in [5.74, 6) is 0.213. The van der Waals surface area contributed by atoms with Crippen LogP contribution in [0.15, 0.2) is 42.5 Å². The second-order valence-corrected chi connectivity index (χ2v) is 7.65. The molecule has 170 valence electrons. The minimum absolute atomic E-state index is 0.213. The first-order valence-electron chi connectivity index (χ1n) is 9.56. The maximum atomic E-state index is 13.0. The first kappa shape index (κ1) is 22.2. The Labute approximate surface area is 184 Å². The number of alkyl halides is 6. The van der Waals surface area contributed by atoms with Crippen LogP contribution in [0.1, 0.15) is 11.1 Å². The summed E-state index contributed by atoms with van der Waals surface area (Å²) in [7, 11) is 0. The van der Waals surface area contributed by atoms with Gasteiger partial charge in [-0.15, -0.1) is 0 Å². The van der Waals surface area contributed by atoms with Gasteiger partial charge in [-0.2, -0.15) is 26.3 Å². The zero-order valence-corrected chi connectivity index (χ0v) is 17.2. The first-order valence-corrected chi connectivity index (χ1v) is 9.97. The molecule has 4 rings (SSSR count). The molecule has 1 aliphatic heterocycles. The van der Waals surface area contributed by atoms with Crippen LogP contribution in [0.5, 0.6) is 0 Å². The fraction of sp³-hybridized carbons (Fsp3) is 0.300. The number of thiocarbonyl (C=S) groups is 1. The van der Waals surface area contributed by atoms with Gasteiger partial charge >= 0.3 is 12.4 Å². The molecule has 5 nitrogen and oxygen atoms in total. The van der Waals surface area contributed by atoms with Crippen LogP contribution in [0.3, 0.4) is 0 Å². The Morgan fingerprint density at radius 1 is 0.906 bits per heavy atom. The number of benzene rings is 2. The third-order valence-electron chi connectivity index (χ3n) is 5.14. The van der Waals surface area contributed by atoms with Gasteiger partial charge in [-0.1, -0.05) is 6.07 Å². The number of hydrogen-bond donors (Lipinski definition) is 2. The Balaban J connectivity index is 1.39. The Bertz CT molecular complexity index is 1130. The van der Waals surface area contributed by atoms with Crippen molar-refractivity contribution in [2.24, 2.45) is 0 Å². The van der Waals surface area contributed by atoms with E-state index >= 15 is 0 Å². The molecular weight excluding hydrogens is 456 g/mol. The van der Waals surface area contributed by atoms with E-state index in [9.17, 15) is 26.3 Å². The molecule has 0 atom stereocenters. The fourth-order valence-electron chi connectivity index (χ4n) is 3.47. The first-order chi connectivity index (χ1) is 15.0. The van der Waals surface area contributed by atoms with Gasteiger partial charge in [0.25, 0.3) is 0 Å². The van der Waals surface area contributed by atoms with Crippen LogP contribution >= 0.6 is 12.2 Å². The molecule has 1 aromatic heterocycles. The van der Waals surface area contributed by atoms with E-state index in [4.69, 9.17) is 12.2 Å². The lowest BCUT2D eigenvalue weighted by molar-refractivity contribution is -0.138. The average Bonchev–Trinajstić information content (AvgIpc) is 3.14. The van der Waals surface area contributed by atoms with Crippen LogP contribution in [0.25, 0.3) is 11.0 Å². The summed E-state index contributed by atoms with van der Waals surface area (Å²) in [5, 5.41) is 3.21. The van der Waals surface area contributed by atoms with E-state index in [1.165, 1.54) is 12.1 Å². The summed E-state index contributed by atoms with van der Waals surface area (Å²) in [4.78, 5) is 10.6. The third kappa shape index (κ3) is 4.74. The second kappa shape index (κ2) is 8.15. The number of H-pyrrole nitrogens is 1. The molecule has 1 fully saturated rings. The third-order valence-corrected chi connectivity index (χ3v) is 5.50. The highest BCUT2D eigenvalue weighted by Gasteiger charge is 2.32. The van der Waals surface area contributed by atoms with Crippen molar-refractivity contribution in [1.82, 2.24) is 14.9 Å². The van der Waals surface area contributed by atoms with Gasteiger partial charge in [0, 0.05) is 31.9 Å². The number of imidazole rings is 1. The van der Waals surface area contributed by atoms with E-state index in [-0.39, 0.29) is 11.5 Å². The number of nitrogens with zero attached hydrogens (tertiary/aromatic N) is 3. The number of halogens is 6. The molecule has 0 bridgehead atoms. The van der Waals surface area contributed by atoms with Crippen LogP contribution in [0.4, 0.5) is 38.0 Å². The number of hydrogen-bond acceptors (Lipinski definition) is 3. The largest absolute Gasteiger partial charge is 0.416 e. The Kier molecular flexibility index (Phi) is 5.65. The SMILES string of the molecule is FC(F)(F)c1cccc(N2CCN(C(=S)Nc3nc4ccc(C(F)(F)F)cc4[nH]3)CC2)c1. The number of piperazine rings is 1. The molecule has 1 saturated heterocycles. The smallest absolute Gasteiger partial charge is 0.368 e. The molecule has 12 heteroatoms. The van der Waals surface area contributed by atoms with Crippen molar-refractivity contribution in [3.8, 4) is 0 Å². The van der Waals surface area contributed by atoms with Gasteiger partial charge in [0.15, 0.2) is 5.11 Å². The lowest BCUT2D eigenvalue weighted by Gasteiger charge is -2.37. The zero-order valence-electron chi connectivity index (χ0n) is 16.4. The predicted molar refractivity (Wildman–Crippen MR) is 113 cm³/mol. The molecule has 32 heavy (non-hydrogen) atoms. The van der Waals surface area contributed by atoms with Crippen molar-refractivity contribution in [2.45, 2.75) is 12.4 Å². The highest BCUT2D eigenvalue weighted by atomic mass is 32.1. The second-order valence-electron chi connectivity index (χ2n) is 7.27. The molecular formula is C20H17F6N5S. The Morgan fingerprint density at radius 3 is 2.22 bits per heavy atom. The summed E-state index contributed by atoms with van der Waals surface area (Å²) in [6.07, 6.45) is -8.86. The van der Waals surface area contributed by atoms with Gasteiger partial charge in [-0.05, 0) is 48.6 Å². The van der Waals surface area contributed by atoms with Crippen LogP contribution in [-0.4, -0.2) is 46.2 Å². The molecule has 1 aliphatic rings. The van der Waals surface area contributed by atoms with Crippen LogP contribution in [-0.2, 0) is 12.4 Å². The molecule has 0 radical (unpaired) electrons. The van der Waals surface area contributed by atoms with Gasteiger partial charge in [0.2, 0.25) is 5.95 Å². The minimum atomic E-state index is -4.46. The van der Waals surface area contributed by atoms with Gasteiger partial charge in [0.1, 0.15) is 0 Å². The summed E-state index contributed by atoms with van der Waals surface area (Å²) >= 11 is 5.38. The molecule has 2 aromatic carbocycles. The summed E-state index contributed by atoms with van der Waals surface area (Å²) in [5.41, 5.74) is -0.421. The van der Waals surface area contributed by atoms with E-state index < -0.39 is 23.5 Å². The van der Waals surface area contributed by atoms with E-state index in [1.807, 2.05) is 9.80 Å². The lowest BCUT2D eigenvalue weighted by Crippen LogP contribution is -2.50. The molecule has 0 unspecified atom stereocenters. The molecule has 3 aromatic rings. The maximum Gasteiger partial charge on any atom is 0.416 e. The highest BCUT2D eigenvalue weighted by Crippen LogP contribution is 2.32. The number of rotatable bonds is 2. The van der Waals surface area contributed by atoms with Crippen LogP contribution in [0, 0.1) is 0 Å². The van der Waals surface area contributed by atoms with Crippen LogP contribution < -0.4 is 10.2 Å². The number of aromatic nitrogens is 2. The zero-order chi connectivity index (χ0) is 23.1. The normalized spacial score (nSPS) is 15.3. The quantitative estimate of drug-likeness (QED) is 0.400. The minimum Gasteiger partial charge on any atom is -0.368 e. The van der Waals surface area contributed by atoms with Gasteiger partial charge in [-0.3, -0.25) is 0 Å². The van der Waals surface area contributed by atoms with Crippen LogP contribution in [0.2, 0.25) is 0 Å². The van der Waals surface area contributed by atoms with Crippen molar-refractivity contribution in [3.05, 3.63) is 53.6 Å². The number of fused-ring (bicyclic) bond motifs is 1. The number of nitrogens with one attached hydrogen (secondary N) is 2. The van der Waals surface area contributed by atoms with E-state index in [2.05, 4.69) is 15.3 Å². The molecule has 0 saturated carbocycles. The topological polar surface area (TPSA) is 47.2 Å². The molecule has 2 heterocycles. The van der Waals surface area contributed by atoms with E-state index in [1.54, 1.807) is 6.07 Å². The van der Waals surface area contributed by atoms with Crippen molar-refractivity contribution in [1.29, 1.82) is 0 Å². The highest BCUT2D eigenvalue weighted by molar-refractivity contribution is 7.80. The predicted octanol–water partition coefficient (Wildman–Crippen LogP) is 5.12. The maximum absolute atomic E-state index is 13.0. The van der Waals surface area contributed by atoms with Gasteiger partial charge < -0.3 is 20.1 Å². The lowest BCUT2D eigenvalue weighted by atomic mass is 10.1. The van der Waals surface area contributed by atoms with Crippen molar-refractivity contribution in [2.75, 3.05) is 36.4 Å². The van der Waals surface area contributed by atoms with Crippen molar-refractivity contribution >= 4 is 40.0 Å². The van der Waals surface area contributed by atoms with Crippen molar-refractivity contribution < 1.29 is 26.3 Å². The average molecular weight is 473 g/mol. The summed E-state index contributed by atoms with van der Waals surface area (Å²) < 4.78 is 77.5. The number of aromatic amines is 1. The standard InChI is InChI=1S/C20H17F6N5S/c21-19(22,23)12-2-1-3-14(10-12)30-6-8-31(9-7-30)18(32)29-17-27-15-5-4-13(20(24,25)26)11-16(15)28-17/h1-5,10-11H,6-9H2,(H2,27,28,29,32). The fourth-order valence-corrected chi connectivity index (χ4v) is 3.75. The summed E-state index contributed by atoms with van der Waals surface area (Å²) in [6.45, 7) is 1.83. The Hall–Kier alpha value is -3.02. The van der Waals surface area contributed by atoms with Crippen molar-refractivity contribution in [3.63, 3.8) is 0 Å². The monoisotopic (exact) mass is 473 g/mol. The van der Waals surface area contributed by atoms with Gasteiger partial charge in [-0.25, -0.2) is 4.98 Å². The van der Waals surface area contributed by atoms with Gasteiger partial charge in [0.05, 0.1) is 22.2 Å². The molecule has 0 aliphatic carbocycles. The summed E-state index contributed by atoms with van der Waals surface area (Å²) in [6, 6.07) is 8.37. The van der Waals surface area contributed by atoms with E-state index in [0.717, 1.165) is 24.3 Å². The number of anilines is 2. The molecule has 2 N–H and O–H groups in total.